The van der Waals surface area contributed by atoms with Gasteiger partial charge in [0.2, 0.25) is 0 Å². The summed E-state index contributed by atoms with van der Waals surface area (Å²) in [5, 5.41) is 11.7. The molecule has 0 saturated heterocycles. The van der Waals surface area contributed by atoms with Crippen LogP contribution in [0.2, 0.25) is 0 Å². The number of anilines is 1. The summed E-state index contributed by atoms with van der Waals surface area (Å²) in [6.45, 7) is 0. The lowest BCUT2D eigenvalue weighted by Gasteiger charge is -2.05. The van der Waals surface area contributed by atoms with E-state index in [1.807, 2.05) is 17.5 Å². The third kappa shape index (κ3) is 1.39. The van der Waals surface area contributed by atoms with Crippen molar-refractivity contribution in [1.82, 2.24) is 0 Å². The number of thiophene rings is 1. The van der Waals surface area contributed by atoms with Crippen LogP contribution in [-0.2, 0) is 6.42 Å². The van der Waals surface area contributed by atoms with E-state index in [9.17, 15) is 0 Å². The van der Waals surface area contributed by atoms with Crippen LogP contribution in [0, 0.1) is 11.3 Å². The number of nitrogens with zero attached hydrogens (tertiary/aromatic N) is 1. The highest BCUT2D eigenvalue weighted by Crippen LogP contribution is 2.34. The lowest BCUT2D eigenvalue weighted by molar-refractivity contribution is 1.26. The molecule has 0 radical (unpaired) electrons. The number of benzene rings is 1. The Bertz CT molecular complexity index is 525. The molecule has 0 aliphatic carbocycles. The van der Waals surface area contributed by atoms with E-state index in [0.717, 1.165) is 25.8 Å². The van der Waals surface area contributed by atoms with Crippen LogP contribution >= 0.6 is 27.3 Å². The van der Waals surface area contributed by atoms with E-state index >= 15 is 0 Å². The maximum atomic E-state index is 8.67. The fourth-order valence-corrected chi connectivity index (χ4v) is 2.98. The van der Waals surface area contributed by atoms with Crippen molar-refractivity contribution < 1.29 is 0 Å². The predicted molar refractivity (Wildman–Crippen MR) is 63.3 cm³/mol. The Hall–Kier alpha value is -1.05. The van der Waals surface area contributed by atoms with Gasteiger partial charge < -0.3 is 5.73 Å². The van der Waals surface area contributed by atoms with Crippen molar-refractivity contribution in [3.8, 4) is 6.07 Å². The number of nitriles is 1. The Labute approximate surface area is 94.1 Å². The zero-order valence-corrected chi connectivity index (χ0v) is 9.65. The summed E-state index contributed by atoms with van der Waals surface area (Å²) in [5.41, 5.74) is 7.58. The van der Waals surface area contributed by atoms with Crippen molar-refractivity contribution in [2.75, 3.05) is 5.73 Å². The largest absolute Gasteiger partial charge is 0.398 e. The minimum Gasteiger partial charge on any atom is -0.398 e. The fraction of sp³-hybridized carbons (Fsp3) is 0.100. The quantitative estimate of drug-likeness (QED) is 0.806. The van der Waals surface area contributed by atoms with Gasteiger partial charge in [-0.1, -0.05) is 15.9 Å². The van der Waals surface area contributed by atoms with E-state index in [0.29, 0.717) is 6.42 Å². The van der Waals surface area contributed by atoms with Crippen molar-refractivity contribution in [3.63, 3.8) is 0 Å². The Morgan fingerprint density at radius 3 is 3.07 bits per heavy atom. The van der Waals surface area contributed by atoms with Crippen LogP contribution in [-0.4, -0.2) is 0 Å². The van der Waals surface area contributed by atoms with Crippen molar-refractivity contribution >= 4 is 43.0 Å². The molecule has 70 valence electrons. The Morgan fingerprint density at radius 2 is 2.36 bits per heavy atom. The second-order valence-electron chi connectivity index (χ2n) is 2.92. The summed E-state index contributed by atoms with van der Waals surface area (Å²) in [6, 6.07) is 6.12. The standard InChI is InChI=1S/C10H7BrN2S/c11-8-5-9-7(2-4-14-9)10(13)6(8)1-3-12/h2,4-5H,1,13H2. The van der Waals surface area contributed by atoms with E-state index in [1.165, 1.54) is 0 Å². The molecular weight excluding hydrogens is 260 g/mol. The number of nitrogens with two attached hydrogens (primary N) is 1. The topological polar surface area (TPSA) is 49.8 Å². The average Bonchev–Trinajstić information content (AvgIpc) is 2.60. The van der Waals surface area contributed by atoms with Gasteiger partial charge in [0.15, 0.2) is 0 Å². The first kappa shape index (κ1) is 9.50. The zero-order chi connectivity index (χ0) is 10.1. The van der Waals surface area contributed by atoms with Gasteiger partial charge in [-0.25, -0.2) is 0 Å². The number of nitrogen functional groups attached to an aromatic ring is 1. The molecule has 0 saturated carbocycles. The van der Waals surface area contributed by atoms with Gasteiger partial charge >= 0.3 is 0 Å². The molecule has 2 rings (SSSR count). The summed E-state index contributed by atoms with van der Waals surface area (Å²) in [6.07, 6.45) is 0.345. The fourth-order valence-electron chi connectivity index (χ4n) is 1.41. The SMILES string of the molecule is N#CCc1c(Br)cc2sccc2c1N. The first-order valence-electron chi connectivity index (χ1n) is 4.05. The van der Waals surface area contributed by atoms with Gasteiger partial charge in [0.25, 0.3) is 0 Å². The smallest absolute Gasteiger partial charge is 0.0670 e. The monoisotopic (exact) mass is 266 g/mol. The maximum Gasteiger partial charge on any atom is 0.0670 e. The van der Waals surface area contributed by atoms with Crippen LogP contribution in [0.3, 0.4) is 0 Å². The molecule has 0 fully saturated rings. The van der Waals surface area contributed by atoms with E-state index in [2.05, 4.69) is 22.0 Å². The molecule has 4 heteroatoms. The molecule has 2 aromatic rings. The third-order valence-corrected chi connectivity index (χ3v) is 3.68. The molecule has 2 N–H and O–H groups in total. The van der Waals surface area contributed by atoms with E-state index in [1.54, 1.807) is 11.3 Å². The summed E-state index contributed by atoms with van der Waals surface area (Å²) in [4.78, 5) is 0. The summed E-state index contributed by atoms with van der Waals surface area (Å²) in [5.74, 6) is 0. The molecule has 0 amide bonds. The molecule has 14 heavy (non-hydrogen) atoms. The van der Waals surface area contributed by atoms with Gasteiger partial charge in [0.05, 0.1) is 12.5 Å². The number of hydrogen-bond acceptors (Lipinski definition) is 3. The molecule has 1 heterocycles. The molecule has 0 atom stereocenters. The molecule has 0 aliphatic heterocycles. The summed E-state index contributed by atoms with van der Waals surface area (Å²) in [7, 11) is 0. The zero-order valence-electron chi connectivity index (χ0n) is 7.25. The highest BCUT2D eigenvalue weighted by atomic mass is 79.9. The second kappa shape index (κ2) is 3.60. The molecule has 0 spiro atoms. The highest BCUT2D eigenvalue weighted by Gasteiger charge is 2.09. The average molecular weight is 267 g/mol. The second-order valence-corrected chi connectivity index (χ2v) is 4.72. The van der Waals surface area contributed by atoms with Crippen molar-refractivity contribution in [2.24, 2.45) is 0 Å². The van der Waals surface area contributed by atoms with Gasteiger partial charge in [-0.3, -0.25) is 0 Å². The minimum atomic E-state index is 0.345. The first-order valence-corrected chi connectivity index (χ1v) is 5.72. The molecule has 0 aliphatic rings. The molecule has 0 unspecified atom stereocenters. The van der Waals surface area contributed by atoms with Crippen molar-refractivity contribution in [1.29, 1.82) is 5.26 Å². The lowest BCUT2D eigenvalue weighted by atomic mass is 10.1. The van der Waals surface area contributed by atoms with Crippen LogP contribution in [0.5, 0.6) is 0 Å². The van der Waals surface area contributed by atoms with Gasteiger partial charge in [-0.2, -0.15) is 5.26 Å². The summed E-state index contributed by atoms with van der Waals surface area (Å²) >= 11 is 5.08. The van der Waals surface area contributed by atoms with Crippen LogP contribution in [0.4, 0.5) is 5.69 Å². The third-order valence-electron chi connectivity index (χ3n) is 2.11. The molecule has 0 bridgehead atoms. The highest BCUT2D eigenvalue weighted by molar-refractivity contribution is 9.10. The molecular formula is C10H7BrN2S. The Morgan fingerprint density at radius 1 is 1.57 bits per heavy atom. The molecule has 1 aromatic carbocycles. The van der Waals surface area contributed by atoms with Crippen LogP contribution < -0.4 is 5.73 Å². The normalized spacial score (nSPS) is 10.3. The van der Waals surface area contributed by atoms with Crippen molar-refractivity contribution in [2.45, 2.75) is 6.42 Å². The van der Waals surface area contributed by atoms with Gasteiger partial charge in [-0.15, -0.1) is 11.3 Å². The first-order chi connectivity index (χ1) is 6.74. The summed E-state index contributed by atoms with van der Waals surface area (Å²) < 4.78 is 2.07. The number of hydrogen-bond donors (Lipinski definition) is 1. The Balaban J connectivity index is 2.77. The number of fused-ring (bicyclic) bond motifs is 1. The van der Waals surface area contributed by atoms with Crippen molar-refractivity contribution in [3.05, 3.63) is 27.5 Å². The van der Waals surface area contributed by atoms with E-state index in [-0.39, 0.29) is 0 Å². The van der Waals surface area contributed by atoms with Gasteiger partial charge in [0.1, 0.15) is 0 Å². The predicted octanol–water partition coefficient (Wildman–Crippen LogP) is 3.31. The number of halogens is 1. The van der Waals surface area contributed by atoms with Crippen LogP contribution in [0.1, 0.15) is 5.56 Å². The van der Waals surface area contributed by atoms with Gasteiger partial charge in [0, 0.05) is 25.8 Å². The maximum absolute atomic E-state index is 8.67. The minimum absolute atomic E-state index is 0.345. The lowest BCUT2D eigenvalue weighted by Crippen LogP contribution is -1.95. The van der Waals surface area contributed by atoms with Gasteiger partial charge in [-0.05, 0) is 17.5 Å². The van der Waals surface area contributed by atoms with E-state index < -0.39 is 0 Å². The Kier molecular flexibility index (Phi) is 2.44. The van der Waals surface area contributed by atoms with E-state index in [4.69, 9.17) is 11.0 Å². The molecule has 1 aromatic heterocycles. The molecule has 2 nitrogen and oxygen atoms in total. The van der Waals surface area contributed by atoms with Crippen LogP contribution in [0.25, 0.3) is 10.1 Å². The number of rotatable bonds is 1. The van der Waals surface area contributed by atoms with Crippen LogP contribution in [0.15, 0.2) is 22.0 Å².